The van der Waals surface area contributed by atoms with Crippen LogP contribution in [0.15, 0.2) is 12.3 Å². The smallest absolute Gasteiger partial charge is 0.129 e. The Hall–Kier alpha value is -1.16. The second-order valence-electron chi connectivity index (χ2n) is 5.02. The van der Waals surface area contributed by atoms with E-state index in [-0.39, 0.29) is 11.6 Å². The molecule has 1 aliphatic carbocycles. The molecule has 0 saturated heterocycles. The number of rotatable bonds is 5. The molecular weight excluding hydrogens is 214 g/mol. The molecule has 0 aliphatic heterocycles. The highest BCUT2D eigenvalue weighted by atomic mass is 16.5. The molecule has 1 aromatic rings. The minimum atomic E-state index is -0.112. The third-order valence-corrected chi connectivity index (χ3v) is 3.83. The molecule has 2 rings (SSSR count). The van der Waals surface area contributed by atoms with Crippen molar-refractivity contribution in [1.29, 1.82) is 0 Å². The fourth-order valence-electron chi connectivity index (χ4n) is 2.26. The van der Waals surface area contributed by atoms with Gasteiger partial charge in [-0.15, -0.1) is 0 Å². The summed E-state index contributed by atoms with van der Waals surface area (Å²) in [4.78, 5) is 8.46. The summed E-state index contributed by atoms with van der Waals surface area (Å²) < 4.78 is 5.72. The Bertz CT molecular complexity index is 392. The lowest BCUT2D eigenvalue weighted by Gasteiger charge is -2.35. The van der Waals surface area contributed by atoms with Crippen LogP contribution in [0.3, 0.4) is 0 Å². The van der Waals surface area contributed by atoms with E-state index >= 15 is 0 Å². The first-order valence-electron chi connectivity index (χ1n) is 6.17. The Morgan fingerprint density at radius 3 is 2.76 bits per heavy atom. The Labute approximate surface area is 103 Å². The molecule has 1 aliphatic rings. The van der Waals surface area contributed by atoms with Crippen molar-refractivity contribution in [2.75, 3.05) is 12.4 Å². The zero-order valence-corrected chi connectivity index (χ0v) is 11.0. The summed E-state index contributed by atoms with van der Waals surface area (Å²) in [7, 11) is 1.79. The summed E-state index contributed by atoms with van der Waals surface area (Å²) >= 11 is 0. The van der Waals surface area contributed by atoms with Gasteiger partial charge in [-0.1, -0.05) is 0 Å². The predicted octanol–water partition coefficient (Wildman–Crippen LogP) is 2.40. The molecular formula is C13H21N3O. The third kappa shape index (κ3) is 2.57. The lowest BCUT2D eigenvalue weighted by Crippen LogP contribution is -2.46. The lowest BCUT2D eigenvalue weighted by molar-refractivity contribution is -0.0246. The molecule has 1 N–H and O–H groups in total. The van der Waals surface area contributed by atoms with Crippen LogP contribution in [0.2, 0.25) is 0 Å². The molecule has 94 valence electrons. The first-order chi connectivity index (χ1) is 8.06. The number of hydrogen-bond donors (Lipinski definition) is 1. The van der Waals surface area contributed by atoms with Gasteiger partial charge in [0.1, 0.15) is 11.6 Å². The lowest BCUT2D eigenvalue weighted by atomic mass is 9.92. The van der Waals surface area contributed by atoms with Crippen molar-refractivity contribution in [2.24, 2.45) is 5.92 Å². The SMILES string of the molecule is COC(C)(C1CC1)C(C)Nc1ccnc(C)n1. The van der Waals surface area contributed by atoms with Gasteiger partial charge < -0.3 is 10.1 Å². The van der Waals surface area contributed by atoms with Crippen LogP contribution >= 0.6 is 0 Å². The van der Waals surface area contributed by atoms with Gasteiger partial charge in [0.15, 0.2) is 0 Å². The largest absolute Gasteiger partial charge is 0.376 e. The molecule has 4 heteroatoms. The van der Waals surface area contributed by atoms with Gasteiger partial charge in [-0.25, -0.2) is 9.97 Å². The maximum atomic E-state index is 5.72. The monoisotopic (exact) mass is 235 g/mol. The van der Waals surface area contributed by atoms with E-state index in [4.69, 9.17) is 4.74 Å². The highest BCUT2D eigenvalue weighted by molar-refractivity contribution is 5.35. The summed E-state index contributed by atoms with van der Waals surface area (Å²) in [5.41, 5.74) is -0.112. The fourth-order valence-corrected chi connectivity index (χ4v) is 2.26. The van der Waals surface area contributed by atoms with Crippen molar-refractivity contribution >= 4 is 5.82 Å². The van der Waals surface area contributed by atoms with Gasteiger partial charge in [-0.2, -0.15) is 0 Å². The number of aryl methyl sites for hydroxylation is 1. The number of methoxy groups -OCH3 is 1. The molecule has 0 radical (unpaired) electrons. The molecule has 0 aromatic carbocycles. The quantitative estimate of drug-likeness (QED) is 0.851. The van der Waals surface area contributed by atoms with E-state index in [9.17, 15) is 0 Å². The summed E-state index contributed by atoms with van der Waals surface area (Å²) in [6, 6.07) is 2.13. The number of nitrogens with one attached hydrogen (secondary N) is 1. The Kier molecular flexibility index (Phi) is 3.33. The summed E-state index contributed by atoms with van der Waals surface area (Å²) in [5.74, 6) is 2.32. The average molecular weight is 235 g/mol. The van der Waals surface area contributed by atoms with Crippen molar-refractivity contribution in [1.82, 2.24) is 9.97 Å². The number of anilines is 1. The van der Waals surface area contributed by atoms with Crippen LogP contribution in [0, 0.1) is 12.8 Å². The summed E-state index contributed by atoms with van der Waals surface area (Å²) in [5, 5.41) is 3.42. The summed E-state index contributed by atoms with van der Waals surface area (Å²) in [6.45, 7) is 6.22. The minimum absolute atomic E-state index is 0.112. The maximum Gasteiger partial charge on any atom is 0.129 e. The Balaban J connectivity index is 2.07. The van der Waals surface area contributed by atoms with Gasteiger partial charge in [0.05, 0.1) is 11.6 Å². The molecule has 0 amide bonds. The second-order valence-corrected chi connectivity index (χ2v) is 5.02. The second kappa shape index (κ2) is 4.61. The minimum Gasteiger partial charge on any atom is -0.376 e. The van der Waals surface area contributed by atoms with Gasteiger partial charge in [0.2, 0.25) is 0 Å². The average Bonchev–Trinajstić information content (AvgIpc) is 3.12. The molecule has 17 heavy (non-hydrogen) atoms. The van der Waals surface area contributed by atoms with Gasteiger partial charge >= 0.3 is 0 Å². The van der Waals surface area contributed by atoms with E-state index in [1.807, 2.05) is 13.0 Å². The maximum absolute atomic E-state index is 5.72. The first kappa shape index (κ1) is 12.3. The zero-order chi connectivity index (χ0) is 12.5. The van der Waals surface area contributed by atoms with Crippen LogP contribution in [-0.2, 0) is 4.74 Å². The van der Waals surface area contributed by atoms with Crippen LogP contribution in [0.25, 0.3) is 0 Å². The van der Waals surface area contributed by atoms with E-state index in [0.717, 1.165) is 11.6 Å². The Morgan fingerprint density at radius 2 is 2.24 bits per heavy atom. The van der Waals surface area contributed by atoms with Crippen LogP contribution in [-0.4, -0.2) is 28.7 Å². The van der Waals surface area contributed by atoms with Crippen molar-refractivity contribution < 1.29 is 4.74 Å². The molecule has 1 aromatic heterocycles. The van der Waals surface area contributed by atoms with Crippen molar-refractivity contribution in [2.45, 2.75) is 45.3 Å². The fraction of sp³-hybridized carbons (Fsp3) is 0.692. The number of ether oxygens (including phenoxy) is 1. The number of aromatic nitrogens is 2. The molecule has 2 unspecified atom stereocenters. The molecule has 1 heterocycles. The van der Waals surface area contributed by atoms with Crippen LogP contribution in [0.1, 0.15) is 32.5 Å². The molecule has 2 atom stereocenters. The van der Waals surface area contributed by atoms with Gasteiger partial charge in [0.25, 0.3) is 0 Å². The predicted molar refractivity (Wildman–Crippen MR) is 68.0 cm³/mol. The van der Waals surface area contributed by atoms with E-state index in [1.165, 1.54) is 12.8 Å². The molecule has 4 nitrogen and oxygen atoms in total. The Morgan fingerprint density at radius 1 is 1.53 bits per heavy atom. The molecule has 1 saturated carbocycles. The number of nitrogens with zero attached hydrogens (tertiary/aromatic N) is 2. The topological polar surface area (TPSA) is 47.0 Å². The van der Waals surface area contributed by atoms with Gasteiger partial charge in [-0.3, -0.25) is 0 Å². The standard InChI is InChI=1S/C13H21N3O/c1-9(13(3,17-4)11-5-6-11)15-12-7-8-14-10(2)16-12/h7-9,11H,5-6H2,1-4H3,(H,14,15,16). The molecule has 1 fully saturated rings. The van der Waals surface area contributed by atoms with Crippen molar-refractivity contribution in [3.8, 4) is 0 Å². The highest BCUT2D eigenvalue weighted by Crippen LogP contribution is 2.43. The van der Waals surface area contributed by atoms with E-state index < -0.39 is 0 Å². The first-order valence-corrected chi connectivity index (χ1v) is 6.17. The zero-order valence-electron chi connectivity index (χ0n) is 11.0. The van der Waals surface area contributed by atoms with Crippen molar-refractivity contribution in [3.63, 3.8) is 0 Å². The molecule has 0 bridgehead atoms. The number of hydrogen-bond acceptors (Lipinski definition) is 4. The van der Waals surface area contributed by atoms with Crippen molar-refractivity contribution in [3.05, 3.63) is 18.1 Å². The normalized spacial score (nSPS) is 20.7. The van der Waals surface area contributed by atoms with E-state index in [0.29, 0.717) is 5.92 Å². The van der Waals surface area contributed by atoms with Gasteiger partial charge in [0, 0.05) is 13.3 Å². The van der Waals surface area contributed by atoms with Crippen LogP contribution in [0.4, 0.5) is 5.82 Å². The van der Waals surface area contributed by atoms with E-state index in [2.05, 4.69) is 29.1 Å². The highest BCUT2D eigenvalue weighted by Gasteiger charge is 2.45. The van der Waals surface area contributed by atoms with Crippen LogP contribution < -0.4 is 5.32 Å². The third-order valence-electron chi connectivity index (χ3n) is 3.83. The van der Waals surface area contributed by atoms with Gasteiger partial charge in [-0.05, 0) is 45.6 Å². The molecule has 0 spiro atoms. The summed E-state index contributed by atoms with van der Waals surface area (Å²) in [6.07, 6.45) is 4.30. The van der Waals surface area contributed by atoms with Crippen LogP contribution in [0.5, 0.6) is 0 Å². The van der Waals surface area contributed by atoms with E-state index in [1.54, 1.807) is 13.3 Å².